The molecule has 5 atom stereocenters. The van der Waals surface area contributed by atoms with Gasteiger partial charge in [-0.25, -0.2) is 0 Å². The summed E-state index contributed by atoms with van der Waals surface area (Å²) in [6.07, 6.45) is -1.74. The molecule has 0 unspecified atom stereocenters. The summed E-state index contributed by atoms with van der Waals surface area (Å²) in [5.41, 5.74) is 7.27. The van der Waals surface area contributed by atoms with Crippen LogP contribution < -0.4 is 27.0 Å². The van der Waals surface area contributed by atoms with Crippen molar-refractivity contribution in [2.24, 2.45) is 17.6 Å². The van der Waals surface area contributed by atoms with Crippen LogP contribution in [-0.4, -0.2) is 75.2 Å². The van der Waals surface area contributed by atoms with Gasteiger partial charge in [0.15, 0.2) is 6.10 Å². The molecule has 0 spiro atoms. The van der Waals surface area contributed by atoms with Crippen LogP contribution in [0.1, 0.15) is 58.1 Å². The van der Waals surface area contributed by atoms with Crippen LogP contribution in [0, 0.1) is 11.8 Å². The Morgan fingerprint density at radius 3 is 1.98 bits per heavy atom. The van der Waals surface area contributed by atoms with E-state index in [4.69, 9.17) is 10.8 Å². The molecule has 4 amide bonds. The molecular formula is C33H47N5O8. The summed E-state index contributed by atoms with van der Waals surface area (Å²) in [4.78, 5) is 63.6. The fourth-order valence-electron chi connectivity index (χ4n) is 4.65. The van der Waals surface area contributed by atoms with E-state index in [1.165, 1.54) is 12.1 Å². The number of aromatic hydroxyl groups is 1. The molecule has 13 nitrogen and oxygen atoms in total. The summed E-state index contributed by atoms with van der Waals surface area (Å²) in [5.74, 6) is -4.15. The molecule has 0 aliphatic carbocycles. The highest BCUT2D eigenvalue weighted by Gasteiger charge is 2.33. The summed E-state index contributed by atoms with van der Waals surface area (Å²) in [7, 11) is 0. The molecule has 0 aromatic heterocycles. The summed E-state index contributed by atoms with van der Waals surface area (Å²) in [6.45, 7) is 7.21. The predicted octanol–water partition coefficient (Wildman–Crippen LogP) is 0.961. The number of carbonyl (C=O) groups is 5. The second-order valence-corrected chi connectivity index (χ2v) is 12.1. The lowest BCUT2D eigenvalue weighted by molar-refractivity contribution is -0.137. The molecular weight excluding hydrogens is 594 g/mol. The number of aliphatic hydroxyl groups is 1. The lowest BCUT2D eigenvalue weighted by atomic mass is 9.97. The van der Waals surface area contributed by atoms with Crippen LogP contribution in [0.5, 0.6) is 5.75 Å². The number of phenols is 1. The van der Waals surface area contributed by atoms with E-state index in [1.807, 2.05) is 19.9 Å². The van der Waals surface area contributed by atoms with E-state index >= 15 is 0 Å². The number of rotatable bonds is 18. The van der Waals surface area contributed by atoms with Gasteiger partial charge >= 0.3 is 5.97 Å². The first-order valence-electron chi connectivity index (χ1n) is 15.3. The fraction of sp³-hybridized carbons (Fsp3) is 0.485. The Morgan fingerprint density at radius 2 is 1.41 bits per heavy atom. The number of aliphatic hydroxyl groups excluding tert-OH is 1. The average molecular weight is 642 g/mol. The number of nitrogens with one attached hydrogen (secondary N) is 4. The minimum absolute atomic E-state index is 0.0429. The molecule has 2 aromatic rings. The van der Waals surface area contributed by atoms with E-state index in [0.29, 0.717) is 5.56 Å². The zero-order valence-electron chi connectivity index (χ0n) is 26.7. The van der Waals surface area contributed by atoms with E-state index in [-0.39, 0.29) is 43.9 Å². The van der Waals surface area contributed by atoms with Gasteiger partial charge in [0, 0.05) is 13.0 Å². The maximum atomic E-state index is 13.7. The Hall–Kier alpha value is -4.49. The van der Waals surface area contributed by atoms with E-state index in [1.54, 1.807) is 50.2 Å². The van der Waals surface area contributed by atoms with Crippen molar-refractivity contribution in [3.05, 3.63) is 65.7 Å². The number of phenolic OH excluding ortho intramolecular Hbond substituents is 1. The van der Waals surface area contributed by atoms with E-state index < -0.39 is 65.8 Å². The molecule has 2 rings (SSSR count). The number of benzene rings is 2. The first-order valence-corrected chi connectivity index (χ1v) is 15.3. The van der Waals surface area contributed by atoms with Gasteiger partial charge in [-0.1, -0.05) is 70.2 Å². The van der Waals surface area contributed by atoms with Crippen LogP contribution >= 0.6 is 0 Å². The molecule has 0 aliphatic rings. The second-order valence-electron chi connectivity index (χ2n) is 12.1. The number of carboxylic acid groups (broad SMARTS) is 1. The molecule has 9 N–H and O–H groups in total. The van der Waals surface area contributed by atoms with Crippen molar-refractivity contribution in [2.75, 3.05) is 0 Å². The normalized spacial score (nSPS) is 14.4. The molecule has 46 heavy (non-hydrogen) atoms. The Labute approximate surface area is 269 Å². The maximum Gasteiger partial charge on any atom is 0.303 e. The Balaban J connectivity index is 2.21. The lowest BCUT2D eigenvalue weighted by Crippen LogP contribution is -2.59. The zero-order chi connectivity index (χ0) is 34.4. The van der Waals surface area contributed by atoms with Gasteiger partial charge in [0.1, 0.15) is 17.8 Å². The largest absolute Gasteiger partial charge is 0.508 e. The van der Waals surface area contributed by atoms with E-state index in [2.05, 4.69) is 21.3 Å². The van der Waals surface area contributed by atoms with Gasteiger partial charge in [-0.3, -0.25) is 24.0 Å². The van der Waals surface area contributed by atoms with Crippen molar-refractivity contribution < 1.29 is 39.3 Å². The summed E-state index contributed by atoms with van der Waals surface area (Å²) >= 11 is 0. The van der Waals surface area contributed by atoms with Gasteiger partial charge in [0.05, 0.1) is 12.1 Å². The first-order chi connectivity index (χ1) is 21.7. The van der Waals surface area contributed by atoms with E-state index in [0.717, 1.165) is 5.56 Å². The number of hydrogen-bond acceptors (Lipinski definition) is 8. The predicted molar refractivity (Wildman–Crippen MR) is 171 cm³/mol. The minimum Gasteiger partial charge on any atom is -0.508 e. The summed E-state index contributed by atoms with van der Waals surface area (Å²) in [6, 6.07) is 10.9. The number of carboxylic acids is 1. The van der Waals surface area contributed by atoms with Gasteiger partial charge in [-0.2, -0.15) is 0 Å². The average Bonchev–Trinajstić information content (AvgIpc) is 3.00. The third-order valence-corrected chi connectivity index (χ3v) is 7.27. The van der Waals surface area contributed by atoms with Crippen LogP contribution in [0.4, 0.5) is 0 Å². The fourth-order valence-corrected chi connectivity index (χ4v) is 4.65. The molecule has 0 saturated carbocycles. The van der Waals surface area contributed by atoms with Crippen molar-refractivity contribution in [1.82, 2.24) is 21.3 Å². The van der Waals surface area contributed by atoms with E-state index in [9.17, 15) is 34.2 Å². The maximum absolute atomic E-state index is 13.7. The van der Waals surface area contributed by atoms with Crippen molar-refractivity contribution in [1.29, 1.82) is 0 Å². The monoisotopic (exact) mass is 641 g/mol. The number of hydrogen-bond donors (Lipinski definition) is 8. The number of aliphatic carboxylic acids is 1. The first kappa shape index (κ1) is 37.7. The SMILES string of the molecule is CC(C)C[C@H](NC(=O)[C@@H](NC(=O)[C@@H](N)CCC(=O)O)C(C)C)C(=O)N[C@@H](Cc1ccccc1)[C@@H](O)C(=O)NCc1ccc(O)cc1. The molecule has 2 aromatic carbocycles. The highest BCUT2D eigenvalue weighted by atomic mass is 16.4. The standard InChI is InChI=1S/C33H47N5O8/c1-19(2)16-26(37-32(45)28(20(3)4)38-30(43)24(34)14-15-27(40)41)31(44)36-25(17-21-8-6-5-7-9-21)29(42)33(46)35-18-22-10-12-23(39)13-11-22/h5-13,19-20,24-26,28-29,39,42H,14-18,34H2,1-4H3,(H,35,46)(H,36,44)(H,37,45)(H,38,43)(H,40,41)/t24-,25-,26-,28-,29+/m0/s1. The third-order valence-electron chi connectivity index (χ3n) is 7.27. The van der Waals surface area contributed by atoms with Crippen molar-refractivity contribution in [2.45, 2.75) is 90.2 Å². The molecule has 13 heteroatoms. The van der Waals surface area contributed by atoms with Gasteiger partial charge < -0.3 is 42.3 Å². The van der Waals surface area contributed by atoms with Crippen LogP contribution in [0.25, 0.3) is 0 Å². The highest BCUT2D eigenvalue weighted by molar-refractivity contribution is 5.93. The topological polar surface area (TPSA) is 220 Å². The summed E-state index contributed by atoms with van der Waals surface area (Å²) < 4.78 is 0. The van der Waals surface area contributed by atoms with Crippen LogP contribution in [0.15, 0.2) is 54.6 Å². The van der Waals surface area contributed by atoms with Crippen LogP contribution in [-0.2, 0) is 36.9 Å². The molecule has 0 bridgehead atoms. The number of carbonyl (C=O) groups excluding carboxylic acids is 4. The number of nitrogens with two attached hydrogens (primary N) is 1. The highest BCUT2D eigenvalue weighted by Crippen LogP contribution is 2.13. The van der Waals surface area contributed by atoms with Crippen molar-refractivity contribution >= 4 is 29.6 Å². The quantitative estimate of drug-likeness (QED) is 0.116. The summed E-state index contributed by atoms with van der Waals surface area (Å²) in [5, 5.41) is 40.1. The minimum atomic E-state index is -1.65. The second kappa shape index (κ2) is 18.5. The molecule has 252 valence electrons. The molecule has 0 radical (unpaired) electrons. The molecule has 0 saturated heterocycles. The van der Waals surface area contributed by atoms with Gasteiger partial charge in [0.25, 0.3) is 5.91 Å². The molecule has 0 aliphatic heterocycles. The Morgan fingerprint density at radius 1 is 0.783 bits per heavy atom. The zero-order valence-corrected chi connectivity index (χ0v) is 26.7. The van der Waals surface area contributed by atoms with Crippen molar-refractivity contribution in [3.63, 3.8) is 0 Å². The molecule has 0 heterocycles. The Bertz CT molecular complexity index is 1300. The lowest BCUT2D eigenvalue weighted by Gasteiger charge is -2.29. The van der Waals surface area contributed by atoms with Crippen LogP contribution in [0.3, 0.4) is 0 Å². The van der Waals surface area contributed by atoms with Crippen molar-refractivity contribution in [3.8, 4) is 5.75 Å². The van der Waals surface area contributed by atoms with Gasteiger partial charge in [0.2, 0.25) is 17.7 Å². The van der Waals surface area contributed by atoms with Crippen LogP contribution in [0.2, 0.25) is 0 Å². The number of amides is 4. The Kier molecular flexibility index (Phi) is 15.1. The smallest absolute Gasteiger partial charge is 0.303 e. The van der Waals surface area contributed by atoms with Gasteiger partial charge in [-0.15, -0.1) is 0 Å². The molecule has 0 fully saturated rings. The third kappa shape index (κ3) is 12.9. The van der Waals surface area contributed by atoms with Gasteiger partial charge in [-0.05, 0) is 54.4 Å².